The molecule has 1 saturated heterocycles. The number of hydrogen-bond donors (Lipinski definition) is 1. The smallest absolute Gasteiger partial charge is 0.287 e. The number of ether oxygens (including phenoxy) is 2. The third-order valence-corrected chi connectivity index (χ3v) is 8.99. The van der Waals surface area contributed by atoms with E-state index < -0.39 is 59.2 Å². The van der Waals surface area contributed by atoms with E-state index in [2.05, 4.69) is 11.4 Å². The van der Waals surface area contributed by atoms with E-state index >= 15 is 0 Å². The predicted molar refractivity (Wildman–Crippen MR) is 141 cm³/mol. The molecule has 12 heteroatoms. The van der Waals surface area contributed by atoms with Crippen molar-refractivity contribution in [3.05, 3.63) is 45.0 Å². The topological polar surface area (TPSA) is 163 Å². The number of carbonyl (C=O) groups is 6. The highest BCUT2D eigenvalue weighted by atomic mass is 16.5. The van der Waals surface area contributed by atoms with Gasteiger partial charge in [-0.15, -0.1) is 0 Å². The third-order valence-electron chi connectivity index (χ3n) is 8.99. The molecule has 41 heavy (non-hydrogen) atoms. The number of nitrogens with one attached hydrogen (secondary N) is 1. The number of carbonyl (C=O) groups excluding carboxylic acids is 6. The standard InChI is InChI=1S/C29H30N4O8/c1-11-23(35)14-8-17-22-21-15(24(36)12(2)28(41-6)26(21)38)7-16(32(22)4)18(9-30)33(17)19(10-31-29(39)13(3)34)20(14)25(37)27(11)40-5/h16-19,22H,7-8,10H2,1-6H3,(H,31,39)/t16?,17?,18-,19-,22?/m0/s1. The number of nitrogens with zero attached hydrogens (tertiary/aromatic N) is 3. The lowest BCUT2D eigenvalue weighted by Crippen LogP contribution is -2.74. The van der Waals surface area contributed by atoms with E-state index in [1.807, 2.05) is 4.90 Å². The van der Waals surface area contributed by atoms with Gasteiger partial charge >= 0.3 is 0 Å². The van der Waals surface area contributed by atoms with Crippen molar-refractivity contribution in [3.63, 3.8) is 0 Å². The van der Waals surface area contributed by atoms with Gasteiger partial charge in [0.05, 0.1) is 32.4 Å². The van der Waals surface area contributed by atoms with Gasteiger partial charge in [-0.2, -0.15) is 5.26 Å². The second kappa shape index (κ2) is 10.0. The van der Waals surface area contributed by atoms with E-state index in [9.17, 15) is 34.0 Å². The van der Waals surface area contributed by atoms with Crippen LogP contribution in [0.15, 0.2) is 45.0 Å². The minimum atomic E-state index is -0.985. The van der Waals surface area contributed by atoms with Gasteiger partial charge < -0.3 is 14.8 Å². The normalized spacial score (nSPS) is 30.1. The highest BCUT2D eigenvalue weighted by molar-refractivity contribution is 6.35. The summed E-state index contributed by atoms with van der Waals surface area (Å²) in [6.07, 6.45) is 0.116. The quantitative estimate of drug-likeness (QED) is 0.350. The van der Waals surface area contributed by atoms with Crippen molar-refractivity contribution >= 4 is 34.8 Å². The second-order valence-electron chi connectivity index (χ2n) is 10.9. The maximum absolute atomic E-state index is 13.8. The first-order chi connectivity index (χ1) is 19.4. The number of methoxy groups -OCH3 is 2. The Bertz CT molecular complexity index is 1520. The molecule has 0 aromatic rings. The summed E-state index contributed by atoms with van der Waals surface area (Å²) in [5.74, 6) is -3.51. The van der Waals surface area contributed by atoms with E-state index in [1.54, 1.807) is 11.9 Å². The van der Waals surface area contributed by atoms with Crippen LogP contribution in [0.5, 0.6) is 0 Å². The Morgan fingerprint density at radius 1 is 0.902 bits per heavy atom. The Kier molecular flexibility index (Phi) is 6.91. The van der Waals surface area contributed by atoms with Crippen molar-refractivity contribution in [3.8, 4) is 6.07 Å². The average molecular weight is 563 g/mol. The van der Waals surface area contributed by atoms with Crippen LogP contribution in [0.1, 0.15) is 33.6 Å². The molecule has 2 aliphatic carbocycles. The number of likely N-dealkylation sites (N-methyl/N-ethyl adjacent to an activating group) is 1. The zero-order valence-electron chi connectivity index (χ0n) is 23.6. The largest absolute Gasteiger partial charge is 0.492 e. The van der Waals surface area contributed by atoms with E-state index in [1.165, 1.54) is 28.1 Å². The highest BCUT2D eigenvalue weighted by Gasteiger charge is 2.59. The molecule has 1 fully saturated rings. The number of rotatable bonds is 5. The number of Topliss-reactive ketones (excluding diaryl/α,β-unsaturated/α-hetero) is 5. The molecule has 3 heterocycles. The second-order valence-corrected chi connectivity index (χ2v) is 10.9. The summed E-state index contributed by atoms with van der Waals surface area (Å²) >= 11 is 0. The van der Waals surface area contributed by atoms with Crippen LogP contribution in [-0.2, 0) is 38.2 Å². The number of hydrogen-bond acceptors (Lipinski definition) is 11. The monoisotopic (exact) mass is 562 g/mol. The van der Waals surface area contributed by atoms with E-state index in [4.69, 9.17) is 9.47 Å². The van der Waals surface area contributed by atoms with Crippen LogP contribution in [-0.4, -0.2) is 103 Å². The molecule has 214 valence electrons. The Morgan fingerprint density at radius 2 is 1.41 bits per heavy atom. The molecule has 5 aliphatic rings. The van der Waals surface area contributed by atoms with E-state index in [0.717, 1.165) is 6.92 Å². The molecule has 0 saturated carbocycles. The van der Waals surface area contributed by atoms with E-state index in [0.29, 0.717) is 5.57 Å². The van der Waals surface area contributed by atoms with Crippen molar-refractivity contribution in [1.82, 2.24) is 15.1 Å². The number of allylic oxidation sites excluding steroid dienone is 4. The molecule has 3 aliphatic heterocycles. The maximum atomic E-state index is 13.8. The van der Waals surface area contributed by atoms with Crippen LogP contribution in [0, 0.1) is 11.3 Å². The van der Waals surface area contributed by atoms with Gasteiger partial charge in [-0.3, -0.25) is 38.6 Å². The van der Waals surface area contributed by atoms with Gasteiger partial charge in [-0.1, -0.05) is 0 Å². The van der Waals surface area contributed by atoms with Crippen LogP contribution < -0.4 is 5.32 Å². The number of amides is 1. The molecular formula is C29H30N4O8. The molecule has 5 atom stereocenters. The van der Waals surface area contributed by atoms with E-state index in [-0.39, 0.29) is 64.6 Å². The summed E-state index contributed by atoms with van der Waals surface area (Å²) in [5.41, 5.74) is 1.19. The Balaban J connectivity index is 1.71. The molecule has 0 aromatic carbocycles. The Labute approximate surface area is 236 Å². The van der Waals surface area contributed by atoms with Crippen LogP contribution in [0.4, 0.5) is 0 Å². The third kappa shape index (κ3) is 3.87. The van der Waals surface area contributed by atoms with Crippen molar-refractivity contribution in [1.29, 1.82) is 5.26 Å². The van der Waals surface area contributed by atoms with Crippen molar-refractivity contribution in [2.75, 3.05) is 27.8 Å². The van der Waals surface area contributed by atoms with Gasteiger partial charge in [0.1, 0.15) is 6.04 Å². The summed E-state index contributed by atoms with van der Waals surface area (Å²) in [6, 6.07) is -1.52. The predicted octanol–water partition coefficient (Wildman–Crippen LogP) is -0.149. The zero-order chi connectivity index (χ0) is 30.1. The fourth-order valence-corrected chi connectivity index (χ4v) is 7.13. The van der Waals surface area contributed by atoms with Gasteiger partial charge in [-0.05, 0) is 33.7 Å². The molecule has 3 unspecified atom stereocenters. The number of ketones is 5. The lowest BCUT2D eigenvalue weighted by molar-refractivity contribution is -0.137. The van der Waals surface area contributed by atoms with Crippen LogP contribution >= 0.6 is 0 Å². The lowest BCUT2D eigenvalue weighted by Gasteiger charge is -2.60. The fourth-order valence-electron chi connectivity index (χ4n) is 7.13. The fraction of sp³-hybridized carbons (Fsp3) is 0.483. The maximum Gasteiger partial charge on any atom is 0.287 e. The Hall–Kier alpha value is -4.21. The molecule has 0 spiro atoms. The average Bonchev–Trinajstić information content (AvgIpc) is 2.93. The van der Waals surface area contributed by atoms with Crippen LogP contribution in [0.2, 0.25) is 0 Å². The zero-order valence-corrected chi connectivity index (χ0v) is 23.6. The summed E-state index contributed by atoms with van der Waals surface area (Å²) in [6.45, 7) is 3.89. The summed E-state index contributed by atoms with van der Waals surface area (Å²) in [4.78, 5) is 82.3. The summed E-state index contributed by atoms with van der Waals surface area (Å²) < 4.78 is 10.6. The first kappa shape index (κ1) is 28.3. The van der Waals surface area contributed by atoms with Crippen molar-refractivity contribution in [2.45, 2.75) is 63.8 Å². The highest BCUT2D eigenvalue weighted by Crippen LogP contribution is 2.48. The molecule has 5 rings (SSSR count). The molecule has 0 aromatic heterocycles. The van der Waals surface area contributed by atoms with Crippen molar-refractivity contribution < 1.29 is 38.2 Å². The molecule has 2 bridgehead atoms. The molecular weight excluding hydrogens is 532 g/mol. The number of nitriles is 1. The number of fused-ring (bicyclic) bond motifs is 5. The van der Waals surface area contributed by atoms with Gasteiger partial charge in [0, 0.05) is 59.0 Å². The Morgan fingerprint density at radius 3 is 1.93 bits per heavy atom. The summed E-state index contributed by atoms with van der Waals surface area (Å²) in [7, 11) is 4.38. The van der Waals surface area contributed by atoms with Gasteiger partial charge in [0.2, 0.25) is 17.3 Å². The molecule has 1 amide bonds. The minimum Gasteiger partial charge on any atom is -0.492 e. The molecule has 1 N–H and O–H groups in total. The van der Waals surface area contributed by atoms with Crippen LogP contribution in [0.3, 0.4) is 0 Å². The molecule has 12 nitrogen and oxygen atoms in total. The lowest BCUT2D eigenvalue weighted by atomic mass is 9.67. The first-order valence-electron chi connectivity index (χ1n) is 13.2. The minimum absolute atomic E-state index is 0.00850. The van der Waals surface area contributed by atoms with Crippen molar-refractivity contribution in [2.24, 2.45) is 0 Å². The SMILES string of the molecule is COC1=C(C)C(=O)C2=C(C1=O)C1C3CC4=C(C(=O)C(OC)=C(C)C4=O)[C@H](CNC(=O)C(C)=O)N3[C@@H](C#N)C(C2)N1C. The van der Waals surface area contributed by atoms with Gasteiger partial charge in [0.15, 0.2) is 23.1 Å². The molecule has 0 radical (unpaired) electrons. The summed E-state index contributed by atoms with van der Waals surface area (Å²) in [5, 5.41) is 13.0. The first-order valence-corrected chi connectivity index (χ1v) is 13.2. The number of piperazine rings is 1. The van der Waals surface area contributed by atoms with Gasteiger partial charge in [0.25, 0.3) is 5.91 Å². The van der Waals surface area contributed by atoms with Gasteiger partial charge in [-0.25, -0.2) is 0 Å². The van der Waals surface area contributed by atoms with Crippen LogP contribution in [0.25, 0.3) is 0 Å².